The highest BCUT2D eigenvalue weighted by molar-refractivity contribution is 5.79. The highest BCUT2D eigenvalue weighted by atomic mass is 16.5. The summed E-state index contributed by atoms with van der Waals surface area (Å²) in [5, 5.41) is 0. The minimum atomic E-state index is -0.177. The molecule has 0 spiro atoms. The normalized spacial score (nSPS) is 15.2. The SMILES string of the molecule is [CH]N1c2ccc(OC)cc2C(C)(C)c2cc(OC)ccc21. The zero-order valence-electron chi connectivity index (χ0n) is 12.8. The van der Waals surface area contributed by atoms with E-state index in [1.54, 1.807) is 19.1 Å². The Labute approximate surface area is 126 Å². The third kappa shape index (κ3) is 1.96. The molecule has 0 aromatic heterocycles. The van der Waals surface area contributed by atoms with Gasteiger partial charge in [0.05, 0.1) is 21.3 Å². The van der Waals surface area contributed by atoms with E-state index in [1.165, 1.54) is 0 Å². The van der Waals surface area contributed by atoms with E-state index in [4.69, 9.17) is 16.5 Å². The first kappa shape index (κ1) is 13.8. The maximum Gasteiger partial charge on any atom is 0.119 e. The van der Waals surface area contributed by atoms with Gasteiger partial charge in [-0.15, -0.1) is 0 Å². The summed E-state index contributed by atoms with van der Waals surface area (Å²) < 4.78 is 10.7. The van der Waals surface area contributed by atoms with Crippen molar-refractivity contribution >= 4 is 11.4 Å². The number of ether oxygens (including phenoxy) is 2. The fourth-order valence-electron chi connectivity index (χ4n) is 2.98. The van der Waals surface area contributed by atoms with E-state index in [2.05, 4.69) is 26.0 Å². The van der Waals surface area contributed by atoms with Crippen LogP contribution in [0, 0.1) is 7.05 Å². The van der Waals surface area contributed by atoms with Crippen LogP contribution in [0.15, 0.2) is 36.4 Å². The zero-order chi connectivity index (χ0) is 15.2. The fraction of sp³-hybridized carbons (Fsp3) is 0.278. The summed E-state index contributed by atoms with van der Waals surface area (Å²) >= 11 is 0. The summed E-state index contributed by atoms with van der Waals surface area (Å²) in [6.07, 6.45) is 0. The average Bonchev–Trinajstić information content (AvgIpc) is 2.52. The quantitative estimate of drug-likeness (QED) is 0.825. The predicted octanol–water partition coefficient (Wildman–Crippen LogP) is 4.15. The minimum Gasteiger partial charge on any atom is -0.497 e. The number of benzene rings is 2. The van der Waals surface area contributed by atoms with Crippen molar-refractivity contribution in [3.63, 3.8) is 0 Å². The Morgan fingerprint density at radius 3 is 1.67 bits per heavy atom. The maximum atomic E-state index is 6.31. The molecule has 3 rings (SSSR count). The first-order chi connectivity index (χ1) is 9.98. The number of rotatable bonds is 2. The van der Waals surface area contributed by atoms with Crippen molar-refractivity contribution in [3.05, 3.63) is 54.6 Å². The van der Waals surface area contributed by atoms with Gasteiger partial charge in [-0.1, -0.05) is 13.8 Å². The molecule has 0 amide bonds. The van der Waals surface area contributed by atoms with E-state index in [0.29, 0.717) is 0 Å². The first-order valence-corrected chi connectivity index (χ1v) is 6.91. The molecule has 0 N–H and O–H groups in total. The molecule has 0 saturated heterocycles. The molecule has 0 unspecified atom stereocenters. The third-order valence-corrected chi connectivity index (χ3v) is 4.27. The van der Waals surface area contributed by atoms with E-state index in [1.807, 2.05) is 24.3 Å². The Morgan fingerprint density at radius 2 is 1.29 bits per heavy atom. The van der Waals surface area contributed by atoms with Crippen molar-refractivity contribution in [1.29, 1.82) is 0 Å². The topological polar surface area (TPSA) is 21.7 Å². The van der Waals surface area contributed by atoms with Gasteiger partial charge in [0, 0.05) is 16.8 Å². The van der Waals surface area contributed by atoms with Crippen molar-refractivity contribution in [2.75, 3.05) is 19.1 Å². The number of nitrogens with zero attached hydrogens (tertiary/aromatic N) is 1. The van der Waals surface area contributed by atoms with Crippen LogP contribution >= 0.6 is 0 Å². The second kappa shape index (κ2) is 4.69. The van der Waals surface area contributed by atoms with Gasteiger partial charge in [0.1, 0.15) is 11.5 Å². The van der Waals surface area contributed by atoms with E-state index >= 15 is 0 Å². The van der Waals surface area contributed by atoms with E-state index in [9.17, 15) is 0 Å². The highest BCUT2D eigenvalue weighted by Crippen LogP contribution is 2.50. The van der Waals surface area contributed by atoms with Crippen molar-refractivity contribution in [3.8, 4) is 11.5 Å². The van der Waals surface area contributed by atoms with Gasteiger partial charge in [0.15, 0.2) is 0 Å². The van der Waals surface area contributed by atoms with Gasteiger partial charge in [0.2, 0.25) is 0 Å². The molecule has 3 nitrogen and oxygen atoms in total. The third-order valence-electron chi connectivity index (χ3n) is 4.27. The van der Waals surface area contributed by atoms with Crippen LogP contribution in [0.3, 0.4) is 0 Å². The lowest BCUT2D eigenvalue weighted by atomic mass is 9.73. The lowest BCUT2D eigenvalue weighted by Crippen LogP contribution is -2.29. The second-order valence-electron chi connectivity index (χ2n) is 5.76. The highest BCUT2D eigenvalue weighted by Gasteiger charge is 2.35. The van der Waals surface area contributed by atoms with Gasteiger partial charge in [-0.3, -0.25) is 0 Å². The van der Waals surface area contributed by atoms with Crippen LogP contribution in [-0.4, -0.2) is 14.2 Å². The van der Waals surface area contributed by atoms with Crippen LogP contribution in [0.5, 0.6) is 11.5 Å². The van der Waals surface area contributed by atoms with Gasteiger partial charge >= 0.3 is 0 Å². The average molecular weight is 281 g/mol. The summed E-state index contributed by atoms with van der Waals surface area (Å²) in [4.78, 5) is 1.73. The molecule has 21 heavy (non-hydrogen) atoms. The van der Waals surface area contributed by atoms with Crippen LogP contribution in [0.25, 0.3) is 0 Å². The molecule has 2 radical (unpaired) electrons. The van der Waals surface area contributed by atoms with Gasteiger partial charge in [-0.25, -0.2) is 0 Å². The molecule has 1 aliphatic rings. The van der Waals surface area contributed by atoms with E-state index < -0.39 is 0 Å². The van der Waals surface area contributed by atoms with E-state index in [-0.39, 0.29) is 5.41 Å². The minimum absolute atomic E-state index is 0.177. The van der Waals surface area contributed by atoms with Crippen LogP contribution in [-0.2, 0) is 5.41 Å². The molecule has 0 atom stereocenters. The monoisotopic (exact) mass is 281 g/mol. The molecule has 108 valence electrons. The van der Waals surface area contributed by atoms with Gasteiger partial charge < -0.3 is 14.4 Å². The molecule has 1 aliphatic heterocycles. The number of hydrogen-bond acceptors (Lipinski definition) is 3. The Morgan fingerprint density at radius 1 is 0.857 bits per heavy atom. The van der Waals surface area contributed by atoms with Crippen molar-refractivity contribution < 1.29 is 9.47 Å². The molecule has 2 aromatic carbocycles. The smallest absolute Gasteiger partial charge is 0.119 e. The molecular weight excluding hydrogens is 262 g/mol. The lowest BCUT2D eigenvalue weighted by molar-refractivity contribution is 0.411. The summed E-state index contributed by atoms with van der Waals surface area (Å²) in [6.45, 7) is 4.38. The fourth-order valence-corrected chi connectivity index (χ4v) is 2.98. The van der Waals surface area contributed by atoms with E-state index in [0.717, 1.165) is 34.0 Å². The molecule has 0 bridgehead atoms. The molecular formula is C18H19NO2. The summed E-state index contributed by atoms with van der Waals surface area (Å²) in [6, 6.07) is 12.0. The number of hydrogen-bond donors (Lipinski definition) is 0. The lowest BCUT2D eigenvalue weighted by Gasteiger charge is -2.40. The summed E-state index contributed by atoms with van der Waals surface area (Å²) in [7, 11) is 9.66. The van der Waals surface area contributed by atoms with Gasteiger partial charge in [-0.05, 0) is 47.5 Å². The van der Waals surface area contributed by atoms with Crippen molar-refractivity contribution in [1.82, 2.24) is 0 Å². The van der Waals surface area contributed by atoms with Crippen molar-refractivity contribution in [2.24, 2.45) is 0 Å². The Balaban J connectivity index is 2.25. The Bertz CT molecular complexity index is 634. The van der Waals surface area contributed by atoms with Crippen LogP contribution < -0.4 is 14.4 Å². The van der Waals surface area contributed by atoms with Crippen LogP contribution in [0.1, 0.15) is 25.0 Å². The maximum absolute atomic E-state index is 6.31. The van der Waals surface area contributed by atoms with Gasteiger partial charge in [-0.2, -0.15) is 0 Å². The second-order valence-corrected chi connectivity index (χ2v) is 5.76. The predicted molar refractivity (Wildman–Crippen MR) is 84.6 cm³/mol. The first-order valence-electron chi connectivity index (χ1n) is 6.91. The Hall–Kier alpha value is -2.16. The summed E-state index contributed by atoms with van der Waals surface area (Å²) in [5.74, 6) is 1.67. The number of methoxy groups -OCH3 is 2. The van der Waals surface area contributed by atoms with Crippen molar-refractivity contribution in [2.45, 2.75) is 19.3 Å². The molecule has 0 saturated carbocycles. The van der Waals surface area contributed by atoms with Crippen LogP contribution in [0.4, 0.5) is 11.4 Å². The molecule has 3 heteroatoms. The Kier molecular flexibility index (Phi) is 3.08. The summed E-state index contributed by atoms with van der Waals surface area (Å²) in [5.41, 5.74) is 4.11. The molecule has 2 aromatic rings. The largest absolute Gasteiger partial charge is 0.497 e. The van der Waals surface area contributed by atoms with Gasteiger partial charge in [0.25, 0.3) is 0 Å². The number of anilines is 2. The van der Waals surface area contributed by atoms with Crippen LogP contribution in [0.2, 0.25) is 0 Å². The molecule has 0 fully saturated rings. The zero-order valence-corrected chi connectivity index (χ0v) is 12.8. The standard InChI is InChI=1S/C18H19NO2/c1-18(2)14-10-12(20-4)6-8-16(14)19(3)17-9-7-13(21-5)11-15(17)18/h3,6-11H,1-2,4-5H3. The molecule has 1 heterocycles. The molecule has 0 aliphatic carbocycles. The number of fused-ring (bicyclic) bond motifs is 2.